The Kier molecular flexibility index (Phi) is 5.69. The number of carbonyl (C=O) groups is 4. The number of nitrogens with zero attached hydrogens (tertiary/aromatic N) is 1. The van der Waals surface area contributed by atoms with Gasteiger partial charge in [0.25, 0.3) is 5.91 Å². The summed E-state index contributed by atoms with van der Waals surface area (Å²) in [7, 11) is 0. The minimum absolute atomic E-state index is 0.151. The molecule has 0 radical (unpaired) electrons. The van der Waals surface area contributed by atoms with E-state index in [1.165, 1.54) is 22.7 Å². The smallest absolute Gasteiger partial charge is 0.344 e. The zero-order valence-corrected chi connectivity index (χ0v) is 17.6. The zero-order chi connectivity index (χ0) is 22.0. The molecule has 1 unspecified atom stereocenters. The fourth-order valence-corrected chi connectivity index (χ4v) is 5.09. The van der Waals surface area contributed by atoms with E-state index in [2.05, 4.69) is 5.32 Å². The van der Waals surface area contributed by atoms with Crippen LogP contribution in [0.2, 0.25) is 0 Å². The third-order valence-electron chi connectivity index (χ3n) is 5.02. The highest BCUT2D eigenvalue weighted by atomic mass is 32.2. The van der Waals surface area contributed by atoms with E-state index >= 15 is 0 Å². The van der Waals surface area contributed by atoms with Crippen LogP contribution >= 0.6 is 11.8 Å². The molecule has 0 bridgehead atoms. The van der Waals surface area contributed by atoms with Gasteiger partial charge in [0.15, 0.2) is 11.5 Å². The van der Waals surface area contributed by atoms with Gasteiger partial charge in [0.2, 0.25) is 5.91 Å². The summed E-state index contributed by atoms with van der Waals surface area (Å²) < 4.78 is 10.3. The van der Waals surface area contributed by atoms with Gasteiger partial charge < -0.3 is 14.8 Å². The van der Waals surface area contributed by atoms with Crippen molar-refractivity contribution < 1.29 is 28.7 Å². The number of rotatable bonds is 6. The topological polar surface area (TPSA) is 102 Å². The molecule has 2 heterocycles. The van der Waals surface area contributed by atoms with Crippen LogP contribution in [0, 0.1) is 0 Å². The number of amides is 2. The number of fused-ring (bicyclic) bond motifs is 3. The summed E-state index contributed by atoms with van der Waals surface area (Å²) in [5.74, 6) is -1.96. The summed E-state index contributed by atoms with van der Waals surface area (Å²) in [4.78, 5) is 51.0. The van der Waals surface area contributed by atoms with Gasteiger partial charge in [-0.1, -0.05) is 36.0 Å². The number of thioether (sulfide) groups is 1. The van der Waals surface area contributed by atoms with Gasteiger partial charge in [-0.3, -0.25) is 14.5 Å². The molecule has 31 heavy (non-hydrogen) atoms. The van der Waals surface area contributed by atoms with Gasteiger partial charge in [-0.2, -0.15) is 0 Å². The minimum atomic E-state index is -1.19. The zero-order valence-electron chi connectivity index (χ0n) is 16.8. The third-order valence-corrected chi connectivity index (χ3v) is 6.48. The van der Waals surface area contributed by atoms with Crippen molar-refractivity contribution in [3.8, 4) is 0 Å². The number of hydrogen-bond acceptors (Lipinski definition) is 7. The Balaban J connectivity index is 1.44. The molecular weight excluding hydrogens is 420 g/mol. The highest BCUT2D eigenvalue weighted by Gasteiger charge is 2.58. The van der Waals surface area contributed by atoms with Crippen LogP contribution in [-0.4, -0.2) is 41.8 Å². The maximum absolute atomic E-state index is 13.0. The minimum Gasteiger partial charge on any atom is -0.462 e. The lowest BCUT2D eigenvalue weighted by Crippen LogP contribution is -2.48. The summed E-state index contributed by atoms with van der Waals surface area (Å²) >= 11 is 1.27. The highest BCUT2D eigenvalue weighted by Crippen LogP contribution is 2.56. The first kappa shape index (κ1) is 20.9. The Morgan fingerprint density at radius 1 is 1.10 bits per heavy atom. The van der Waals surface area contributed by atoms with Crippen LogP contribution in [0.4, 0.5) is 11.4 Å². The highest BCUT2D eigenvalue weighted by molar-refractivity contribution is 8.02. The van der Waals surface area contributed by atoms with Crippen LogP contribution in [0.5, 0.6) is 0 Å². The molecule has 2 aliphatic rings. The molecule has 4 rings (SSSR count). The van der Waals surface area contributed by atoms with Crippen molar-refractivity contribution in [2.45, 2.75) is 29.5 Å². The van der Waals surface area contributed by atoms with Gasteiger partial charge in [0.1, 0.15) is 0 Å². The Hall–Kier alpha value is -3.33. The Morgan fingerprint density at radius 2 is 1.84 bits per heavy atom. The molecular formula is C22H20N2O6S. The maximum Gasteiger partial charge on any atom is 0.344 e. The van der Waals surface area contributed by atoms with E-state index in [0.717, 1.165) is 4.90 Å². The first-order chi connectivity index (χ1) is 15.0. The van der Waals surface area contributed by atoms with Crippen molar-refractivity contribution in [1.29, 1.82) is 0 Å². The molecule has 2 aliphatic heterocycles. The van der Waals surface area contributed by atoms with Crippen LogP contribution in [-0.2, 0) is 23.9 Å². The summed E-state index contributed by atoms with van der Waals surface area (Å²) in [5.41, 5.74) is 1.15. The van der Waals surface area contributed by atoms with E-state index in [1.807, 2.05) is 12.1 Å². The second-order valence-electron chi connectivity index (χ2n) is 6.97. The molecule has 2 aromatic carbocycles. The molecule has 160 valence electrons. The first-order valence-corrected chi connectivity index (χ1v) is 10.6. The Bertz CT molecular complexity index is 1070. The van der Waals surface area contributed by atoms with E-state index in [1.54, 1.807) is 37.3 Å². The van der Waals surface area contributed by atoms with Gasteiger partial charge in [-0.15, -0.1) is 0 Å². The van der Waals surface area contributed by atoms with Gasteiger partial charge in [0.05, 0.1) is 23.5 Å². The quantitative estimate of drug-likeness (QED) is 0.689. The van der Waals surface area contributed by atoms with Gasteiger partial charge in [-0.05, 0) is 31.2 Å². The number of esters is 2. The number of para-hydroxylation sites is 2. The van der Waals surface area contributed by atoms with Crippen LogP contribution in [0.25, 0.3) is 0 Å². The summed E-state index contributed by atoms with van der Waals surface area (Å²) in [6, 6.07) is 13.7. The first-order valence-electron chi connectivity index (χ1n) is 9.80. The summed E-state index contributed by atoms with van der Waals surface area (Å²) in [5, 5.41) is 2.57. The average molecular weight is 440 g/mol. The number of benzene rings is 2. The number of carbonyl (C=O) groups excluding carboxylic acids is 4. The lowest BCUT2D eigenvalue weighted by atomic mass is 10.2. The van der Waals surface area contributed by atoms with Crippen molar-refractivity contribution in [2.24, 2.45) is 0 Å². The number of nitrogens with one attached hydrogen (secondary N) is 1. The molecule has 0 aliphatic carbocycles. The fourth-order valence-electron chi connectivity index (χ4n) is 3.68. The maximum atomic E-state index is 13.0. The summed E-state index contributed by atoms with van der Waals surface area (Å²) in [6.07, 6.45) is 0.535. The van der Waals surface area contributed by atoms with E-state index < -0.39 is 29.3 Å². The molecule has 0 saturated carbocycles. The number of hydrogen-bond donors (Lipinski definition) is 1. The van der Waals surface area contributed by atoms with Crippen molar-refractivity contribution in [3.05, 3.63) is 54.1 Å². The van der Waals surface area contributed by atoms with Crippen molar-refractivity contribution in [3.63, 3.8) is 0 Å². The summed E-state index contributed by atoms with van der Waals surface area (Å²) in [6.45, 7) is 1.35. The Morgan fingerprint density at radius 3 is 2.65 bits per heavy atom. The van der Waals surface area contributed by atoms with E-state index in [9.17, 15) is 19.2 Å². The second kappa shape index (κ2) is 8.43. The van der Waals surface area contributed by atoms with Crippen LogP contribution in [0.3, 0.4) is 0 Å². The van der Waals surface area contributed by atoms with Crippen LogP contribution < -0.4 is 10.2 Å². The number of anilines is 2. The molecule has 2 aromatic rings. The van der Waals surface area contributed by atoms with Gasteiger partial charge in [0, 0.05) is 17.7 Å². The van der Waals surface area contributed by atoms with Gasteiger partial charge >= 0.3 is 11.9 Å². The standard InChI is InChI=1S/C22H20N2O6S/c1-2-29-20(27)14-7-3-4-8-15(14)23-18(25)13-30-21(28)22-12-11-19(26)24(22)16-9-5-6-10-17(16)31-22/h3-10H,2,11-13H2,1H3,(H,23,25). The lowest BCUT2D eigenvalue weighted by molar-refractivity contribution is -0.149. The predicted molar refractivity (Wildman–Crippen MR) is 114 cm³/mol. The Labute approximate surface area is 182 Å². The molecule has 2 amide bonds. The SMILES string of the molecule is CCOC(=O)c1ccccc1NC(=O)COC(=O)C12CCC(=O)N1c1ccccc1S2. The molecule has 1 fully saturated rings. The predicted octanol–water partition coefficient (Wildman–Crippen LogP) is 2.97. The fraction of sp³-hybridized carbons (Fsp3) is 0.273. The molecule has 1 saturated heterocycles. The lowest BCUT2D eigenvalue weighted by Gasteiger charge is -2.28. The van der Waals surface area contributed by atoms with E-state index in [0.29, 0.717) is 12.1 Å². The van der Waals surface area contributed by atoms with Crippen molar-refractivity contribution >= 4 is 46.9 Å². The van der Waals surface area contributed by atoms with Crippen LogP contribution in [0.15, 0.2) is 53.4 Å². The average Bonchev–Trinajstić information content (AvgIpc) is 3.28. The van der Waals surface area contributed by atoms with Gasteiger partial charge in [-0.25, -0.2) is 9.59 Å². The molecule has 0 aromatic heterocycles. The molecule has 9 heteroatoms. The van der Waals surface area contributed by atoms with Crippen LogP contribution in [0.1, 0.15) is 30.1 Å². The molecule has 1 atom stereocenters. The third kappa shape index (κ3) is 3.76. The number of ether oxygens (including phenoxy) is 2. The van der Waals surface area contributed by atoms with Crippen molar-refractivity contribution in [2.75, 3.05) is 23.4 Å². The van der Waals surface area contributed by atoms with Crippen molar-refractivity contribution in [1.82, 2.24) is 0 Å². The molecule has 0 spiro atoms. The van der Waals surface area contributed by atoms with E-state index in [-0.39, 0.29) is 30.2 Å². The largest absolute Gasteiger partial charge is 0.462 e. The normalized spacial score (nSPS) is 18.9. The second-order valence-corrected chi connectivity index (χ2v) is 8.29. The van der Waals surface area contributed by atoms with E-state index in [4.69, 9.17) is 9.47 Å². The molecule has 1 N–H and O–H groups in total. The monoisotopic (exact) mass is 440 g/mol. The molecule has 8 nitrogen and oxygen atoms in total.